The number of aromatic nitrogens is 1. The minimum absolute atomic E-state index is 0. The van der Waals surface area contributed by atoms with Crippen LogP contribution in [0.15, 0.2) is 48.7 Å². The summed E-state index contributed by atoms with van der Waals surface area (Å²) in [6, 6.07) is 14.9. The van der Waals surface area contributed by atoms with E-state index in [2.05, 4.69) is 60.2 Å². The summed E-state index contributed by atoms with van der Waals surface area (Å²) in [5, 5.41) is 0. The number of rotatable bonds is 14. The van der Waals surface area contributed by atoms with Crippen molar-refractivity contribution in [2.45, 2.75) is 84.1 Å². The SMILES string of the molecule is CCCCCCCCCCCCc1c(OC)ccc[n+]1Cc1ccccc1.[Cl-]. The molecule has 2 nitrogen and oxygen atoms in total. The van der Waals surface area contributed by atoms with Crippen molar-refractivity contribution in [3.8, 4) is 5.75 Å². The average Bonchev–Trinajstić information content (AvgIpc) is 2.71. The van der Waals surface area contributed by atoms with E-state index < -0.39 is 0 Å². The van der Waals surface area contributed by atoms with Crippen molar-refractivity contribution in [2.24, 2.45) is 0 Å². The van der Waals surface area contributed by atoms with Gasteiger partial charge in [0.2, 0.25) is 5.69 Å². The Kier molecular flexibility index (Phi) is 13.5. The van der Waals surface area contributed by atoms with Crippen molar-refractivity contribution in [2.75, 3.05) is 7.11 Å². The zero-order valence-electron chi connectivity index (χ0n) is 17.8. The van der Waals surface area contributed by atoms with Gasteiger partial charge in [0, 0.05) is 18.1 Å². The lowest BCUT2D eigenvalue weighted by atomic mass is 10.0. The van der Waals surface area contributed by atoms with Crippen molar-refractivity contribution < 1.29 is 21.7 Å². The molecule has 0 fully saturated rings. The number of ether oxygens (including phenoxy) is 1. The normalized spacial score (nSPS) is 10.5. The van der Waals surface area contributed by atoms with E-state index >= 15 is 0 Å². The van der Waals surface area contributed by atoms with E-state index in [1.165, 1.54) is 75.5 Å². The fourth-order valence-corrected chi connectivity index (χ4v) is 3.72. The third-order valence-corrected chi connectivity index (χ3v) is 5.33. The second-order valence-corrected chi connectivity index (χ2v) is 7.57. The van der Waals surface area contributed by atoms with E-state index in [0.29, 0.717) is 0 Å². The Morgan fingerprint density at radius 1 is 0.750 bits per heavy atom. The molecule has 0 bridgehead atoms. The number of hydrogen-bond acceptors (Lipinski definition) is 1. The molecule has 0 amide bonds. The van der Waals surface area contributed by atoms with Gasteiger partial charge in [-0.05, 0) is 12.5 Å². The largest absolute Gasteiger partial charge is 1.00 e. The topological polar surface area (TPSA) is 13.1 Å². The van der Waals surface area contributed by atoms with Gasteiger partial charge in [-0.15, -0.1) is 0 Å². The van der Waals surface area contributed by atoms with Crippen molar-refractivity contribution >= 4 is 0 Å². The van der Waals surface area contributed by atoms with E-state index in [0.717, 1.165) is 18.7 Å². The predicted octanol–water partition coefficient (Wildman–Crippen LogP) is 3.50. The number of pyridine rings is 1. The van der Waals surface area contributed by atoms with Gasteiger partial charge in [-0.25, -0.2) is 0 Å². The Morgan fingerprint density at radius 3 is 1.96 bits per heavy atom. The summed E-state index contributed by atoms with van der Waals surface area (Å²) >= 11 is 0. The molecule has 3 heteroatoms. The molecule has 0 saturated heterocycles. The summed E-state index contributed by atoms with van der Waals surface area (Å²) in [7, 11) is 1.78. The van der Waals surface area contributed by atoms with Crippen LogP contribution in [0.3, 0.4) is 0 Å². The molecule has 1 aromatic heterocycles. The number of benzene rings is 1. The van der Waals surface area contributed by atoms with Crippen molar-refractivity contribution in [1.82, 2.24) is 0 Å². The maximum atomic E-state index is 5.65. The van der Waals surface area contributed by atoms with Gasteiger partial charge in [-0.1, -0.05) is 95.0 Å². The molecule has 0 saturated carbocycles. The van der Waals surface area contributed by atoms with Crippen molar-refractivity contribution in [3.63, 3.8) is 0 Å². The van der Waals surface area contributed by atoms with Gasteiger partial charge >= 0.3 is 0 Å². The molecule has 0 aliphatic heterocycles. The van der Waals surface area contributed by atoms with E-state index in [-0.39, 0.29) is 12.4 Å². The highest BCUT2D eigenvalue weighted by Gasteiger charge is 2.16. The van der Waals surface area contributed by atoms with E-state index in [9.17, 15) is 0 Å². The Hall–Kier alpha value is -1.54. The van der Waals surface area contributed by atoms with Crippen LogP contribution in [0.25, 0.3) is 0 Å². The minimum Gasteiger partial charge on any atom is -1.00 e. The summed E-state index contributed by atoms with van der Waals surface area (Å²) in [5.41, 5.74) is 2.66. The molecule has 1 aromatic carbocycles. The zero-order valence-corrected chi connectivity index (χ0v) is 18.6. The zero-order chi connectivity index (χ0) is 19.2. The van der Waals surface area contributed by atoms with Crippen LogP contribution in [0.5, 0.6) is 5.75 Å². The lowest BCUT2D eigenvalue weighted by Crippen LogP contribution is -3.00. The van der Waals surface area contributed by atoms with Crippen LogP contribution in [0.1, 0.15) is 82.4 Å². The fraction of sp³-hybridized carbons (Fsp3) is 0.560. The molecule has 0 aliphatic rings. The number of unbranched alkanes of at least 4 members (excludes halogenated alkanes) is 9. The highest BCUT2D eigenvalue weighted by Crippen LogP contribution is 2.18. The first kappa shape index (κ1) is 24.5. The minimum atomic E-state index is 0. The number of hydrogen-bond donors (Lipinski definition) is 0. The maximum Gasteiger partial charge on any atom is 0.223 e. The van der Waals surface area contributed by atoms with Gasteiger partial charge in [0.05, 0.1) is 7.11 Å². The molecule has 0 unspecified atom stereocenters. The van der Waals surface area contributed by atoms with E-state index in [1.807, 2.05) is 0 Å². The summed E-state index contributed by atoms with van der Waals surface area (Å²) < 4.78 is 7.99. The van der Waals surface area contributed by atoms with Gasteiger partial charge in [0.25, 0.3) is 0 Å². The third-order valence-electron chi connectivity index (χ3n) is 5.33. The molecular weight excluding hydrogens is 366 g/mol. The maximum absolute atomic E-state index is 5.65. The van der Waals surface area contributed by atoms with Crippen LogP contribution in [0, 0.1) is 0 Å². The molecule has 28 heavy (non-hydrogen) atoms. The Labute approximate surface area is 178 Å². The first-order chi connectivity index (χ1) is 13.3. The summed E-state index contributed by atoms with van der Waals surface area (Å²) in [6.45, 7) is 3.19. The Morgan fingerprint density at radius 2 is 1.36 bits per heavy atom. The van der Waals surface area contributed by atoms with Gasteiger partial charge in [0.1, 0.15) is 0 Å². The first-order valence-electron chi connectivity index (χ1n) is 10.9. The Bertz CT molecular complexity index is 630. The molecule has 0 spiro atoms. The van der Waals surface area contributed by atoms with Gasteiger partial charge < -0.3 is 17.1 Å². The molecule has 0 N–H and O–H groups in total. The fourth-order valence-electron chi connectivity index (χ4n) is 3.72. The molecule has 0 radical (unpaired) electrons. The molecule has 156 valence electrons. The average molecular weight is 404 g/mol. The monoisotopic (exact) mass is 403 g/mol. The van der Waals surface area contributed by atoms with Crippen LogP contribution < -0.4 is 21.7 Å². The van der Waals surface area contributed by atoms with Gasteiger partial charge in [-0.3, -0.25) is 0 Å². The first-order valence-corrected chi connectivity index (χ1v) is 10.9. The van der Waals surface area contributed by atoms with Crippen LogP contribution in [-0.4, -0.2) is 7.11 Å². The summed E-state index contributed by atoms with van der Waals surface area (Å²) in [6.07, 6.45) is 17.0. The molecular formula is C25H38ClNO. The molecule has 2 rings (SSSR count). The second-order valence-electron chi connectivity index (χ2n) is 7.57. The van der Waals surface area contributed by atoms with Crippen LogP contribution in [0.2, 0.25) is 0 Å². The van der Waals surface area contributed by atoms with Crippen LogP contribution >= 0.6 is 0 Å². The molecule has 1 heterocycles. The van der Waals surface area contributed by atoms with Crippen molar-refractivity contribution in [3.05, 3.63) is 59.9 Å². The third kappa shape index (κ3) is 9.10. The lowest BCUT2D eigenvalue weighted by Gasteiger charge is -2.09. The molecule has 0 aliphatic carbocycles. The summed E-state index contributed by atoms with van der Waals surface area (Å²) in [4.78, 5) is 0. The van der Waals surface area contributed by atoms with E-state index in [1.54, 1.807) is 7.11 Å². The van der Waals surface area contributed by atoms with Gasteiger partial charge in [0.15, 0.2) is 18.5 Å². The standard InChI is InChI=1S/C25H38NO.ClH/c1-3-4-5-6-7-8-9-10-11-15-19-24-25(27-2)20-16-21-26(24)22-23-17-13-12-14-18-23;/h12-14,16-18,20-21H,3-11,15,19,22H2,1-2H3;1H/q+1;/p-1. The molecule has 2 aromatic rings. The van der Waals surface area contributed by atoms with Gasteiger partial charge in [-0.2, -0.15) is 4.57 Å². The highest BCUT2D eigenvalue weighted by atomic mass is 35.5. The summed E-state index contributed by atoms with van der Waals surface area (Å²) in [5.74, 6) is 1.02. The Balaban J connectivity index is 0.00000392. The van der Waals surface area contributed by atoms with Crippen LogP contribution in [-0.2, 0) is 13.0 Å². The molecule has 0 atom stereocenters. The number of methoxy groups -OCH3 is 1. The second kappa shape index (κ2) is 15.4. The number of nitrogens with zero attached hydrogens (tertiary/aromatic N) is 1. The smallest absolute Gasteiger partial charge is 0.223 e. The predicted molar refractivity (Wildman–Crippen MR) is 114 cm³/mol. The van der Waals surface area contributed by atoms with Crippen molar-refractivity contribution in [1.29, 1.82) is 0 Å². The van der Waals surface area contributed by atoms with Crippen LogP contribution in [0.4, 0.5) is 0 Å². The number of halogens is 1. The lowest BCUT2D eigenvalue weighted by molar-refractivity contribution is -0.696. The van der Waals surface area contributed by atoms with E-state index in [4.69, 9.17) is 4.74 Å². The quantitative estimate of drug-likeness (QED) is 0.347. The highest BCUT2D eigenvalue weighted by molar-refractivity contribution is 5.23.